The fourth-order valence-corrected chi connectivity index (χ4v) is 4.57. The molecule has 154 valence electrons. The molecule has 1 saturated carbocycles. The van der Waals surface area contributed by atoms with Gasteiger partial charge >= 0.3 is 0 Å². The van der Waals surface area contributed by atoms with Crippen LogP contribution in [0.15, 0.2) is 48.5 Å². The van der Waals surface area contributed by atoms with Crippen molar-refractivity contribution in [1.29, 1.82) is 0 Å². The van der Waals surface area contributed by atoms with E-state index in [0.29, 0.717) is 0 Å². The number of carbonyl (C=O) groups excluding carboxylic acids is 1. The molecule has 1 N–H and O–H groups in total. The summed E-state index contributed by atoms with van der Waals surface area (Å²) in [5, 5.41) is 4.47. The van der Waals surface area contributed by atoms with Gasteiger partial charge in [-0.3, -0.25) is 4.79 Å². The number of nitrogens with zero attached hydrogens (tertiary/aromatic N) is 3. The zero-order valence-electron chi connectivity index (χ0n) is 17.7. The second-order valence-electron chi connectivity index (χ2n) is 8.83. The highest BCUT2D eigenvalue weighted by Gasteiger charge is 2.46. The molecule has 2 aromatic carbocycles. The minimum Gasteiger partial charge on any atom is -0.346 e. The van der Waals surface area contributed by atoms with E-state index in [-0.39, 0.29) is 17.4 Å². The summed E-state index contributed by atoms with van der Waals surface area (Å²) in [5.74, 6) is 1.04. The summed E-state index contributed by atoms with van der Waals surface area (Å²) < 4.78 is 0. The summed E-state index contributed by atoms with van der Waals surface area (Å²) in [6.07, 6.45) is 3.74. The standard InChI is InChI=1S/C25H28N4O/c1-17-8-9-22-21(16-17)18(2)26-24(27-22)29-14-10-19(11-15-29)23(30)28-25(12-13-25)20-6-4-3-5-7-20/h3-9,16,19H,10-15H2,1-2H3,(H,28,30). The summed E-state index contributed by atoms with van der Waals surface area (Å²) in [6, 6.07) is 16.7. The number of aromatic nitrogens is 2. The second-order valence-corrected chi connectivity index (χ2v) is 8.83. The van der Waals surface area contributed by atoms with Crippen molar-refractivity contribution in [3.63, 3.8) is 0 Å². The fraction of sp³-hybridized carbons (Fsp3) is 0.400. The Morgan fingerprint density at radius 1 is 1.03 bits per heavy atom. The summed E-state index contributed by atoms with van der Waals surface area (Å²) in [7, 11) is 0. The molecule has 5 heteroatoms. The lowest BCUT2D eigenvalue weighted by Gasteiger charge is -2.32. The molecular weight excluding hydrogens is 372 g/mol. The van der Waals surface area contributed by atoms with Gasteiger partial charge in [0.15, 0.2) is 0 Å². The Labute approximate surface area is 177 Å². The van der Waals surface area contributed by atoms with Crippen LogP contribution in [0.2, 0.25) is 0 Å². The topological polar surface area (TPSA) is 58.1 Å². The van der Waals surface area contributed by atoms with E-state index in [0.717, 1.165) is 61.3 Å². The molecule has 1 saturated heterocycles. The quantitative estimate of drug-likeness (QED) is 0.711. The number of amides is 1. The number of hydrogen-bond donors (Lipinski definition) is 1. The Kier molecular flexibility index (Phi) is 4.69. The van der Waals surface area contributed by atoms with Gasteiger partial charge in [-0.2, -0.15) is 0 Å². The van der Waals surface area contributed by atoms with Crippen LogP contribution < -0.4 is 10.2 Å². The van der Waals surface area contributed by atoms with Crippen molar-refractivity contribution in [3.8, 4) is 0 Å². The highest BCUT2D eigenvalue weighted by molar-refractivity contribution is 5.83. The first kappa shape index (κ1) is 19.0. The zero-order chi connectivity index (χ0) is 20.7. The van der Waals surface area contributed by atoms with E-state index in [1.807, 2.05) is 25.1 Å². The average molecular weight is 401 g/mol. The Hall–Kier alpha value is -2.95. The lowest BCUT2D eigenvalue weighted by molar-refractivity contribution is -0.126. The first-order valence-electron chi connectivity index (χ1n) is 10.9. The van der Waals surface area contributed by atoms with Crippen LogP contribution in [0.1, 0.15) is 42.5 Å². The van der Waals surface area contributed by atoms with Crippen LogP contribution in [0, 0.1) is 19.8 Å². The average Bonchev–Trinajstić information content (AvgIpc) is 3.55. The molecule has 3 aromatic rings. The molecule has 1 aliphatic heterocycles. The van der Waals surface area contributed by atoms with Gasteiger partial charge in [-0.1, -0.05) is 42.0 Å². The minimum atomic E-state index is -0.133. The predicted molar refractivity (Wildman–Crippen MR) is 119 cm³/mol. The fourth-order valence-electron chi connectivity index (χ4n) is 4.57. The van der Waals surface area contributed by atoms with Crippen molar-refractivity contribution in [3.05, 3.63) is 65.4 Å². The summed E-state index contributed by atoms with van der Waals surface area (Å²) in [5.41, 5.74) is 4.31. The SMILES string of the molecule is Cc1ccc2nc(N3CCC(C(=O)NC4(c5ccccc5)CC4)CC3)nc(C)c2c1. The third-order valence-electron chi connectivity index (χ3n) is 6.62. The molecule has 30 heavy (non-hydrogen) atoms. The molecule has 0 bridgehead atoms. The van der Waals surface area contributed by atoms with E-state index in [9.17, 15) is 4.79 Å². The van der Waals surface area contributed by atoms with Crippen LogP contribution >= 0.6 is 0 Å². The molecule has 1 aromatic heterocycles. The van der Waals surface area contributed by atoms with E-state index in [1.165, 1.54) is 11.1 Å². The third kappa shape index (κ3) is 3.53. The predicted octanol–water partition coefficient (Wildman–Crippen LogP) is 4.27. The van der Waals surface area contributed by atoms with Crippen molar-refractivity contribution < 1.29 is 4.79 Å². The van der Waals surface area contributed by atoms with Gasteiger partial charge < -0.3 is 10.2 Å². The van der Waals surface area contributed by atoms with Gasteiger partial charge in [0, 0.05) is 24.4 Å². The number of rotatable bonds is 4. The highest BCUT2D eigenvalue weighted by Crippen LogP contribution is 2.45. The lowest BCUT2D eigenvalue weighted by atomic mass is 9.94. The molecular formula is C25H28N4O. The van der Waals surface area contributed by atoms with Gasteiger partial charge in [-0.15, -0.1) is 0 Å². The molecule has 2 aliphatic rings. The molecule has 5 rings (SSSR count). The van der Waals surface area contributed by atoms with Crippen molar-refractivity contribution >= 4 is 22.8 Å². The van der Waals surface area contributed by atoms with Gasteiger partial charge in [0.2, 0.25) is 11.9 Å². The number of nitrogens with one attached hydrogen (secondary N) is 1. The van der Waals surface area contributed by atoms with Crippen LogP contribution in [0.5, 0.6) is 0 Å². The lowest BCUT2D eigenvalue weighted by Crippen LogP contribution is -2.44. The van der Waals surface area contributed by atoms with E-state index in [2.05, 4.69) is 47.5 Å². The molecule has 0 spiro atoms. The largest absolute Gasteiger partial charge is 0.346 e. The Morgan fingerprint density at radius 3 is 2.47 bits per heavy atom. The molecule has 0 radical (unpaired) electrons. The van der Waals surface area contributed by atoms with Crippen LogP contribution in [0.3, 0.4) is 0 Å². The van der Waals surface area contributed by atoms with Crippen molar-refractivity contribution in [1.82, 2.24) is 15.3 Å². The number of fused-ring (bicyclic) bond motifs is 1. The zero-order valence-corrected chi connectivity index (χ0v) is 17.7. The van der Waals surface area contributed by atoms with Crippen molar-refractivity contribution in [2.24, 2.45) is 5.92 Å². The second kappa shape index (κ2) is 7.38. The first-order chi connectivity index (χ1) is 14.5. The van der Waals surface area contributed by atoms with Crippen LogP contribution in [-0.4, -0.2) is 29.0 Å². The van der Waals surface area contributed by atoms with Gasteiger partial charge in [0.25, 0.3) is 0 Å². The first-order valence-corrected chi connectivity index (χ1v) is 10.9. The molecule has 5 nitrogen and oxygen atoms in total. The number of benzene rings is 2. The molecule has 0 unspecified atom stereocenters. The molecule has 1 amide bonds. The van der Waals surface area contributed by atoms with E-state index in [1.54, 1.807) is 0 Å². The molecule has 1 aliphatic carbocycles. The number of piperidine rings is 1. The van der Waals surface area contributed by atoms with Crippen molar-refractivity contribution in [2.45, 2.75) is 45.1 Å². The Bertz CT molecular complexity index is 1080. The maximum atomic E-state index is 13.0. The van der Waals surface area contributed by atoms with Crippen molar-refractivity contribution in [2.75, 3.05) is 18.0 Å². The van der Waals surface area contributed by atoms with Crippen LogP contribution in [0.25, 0.3) is 10.9 Å². The maximum Gasteiger partial charge on any atom is 0.226 e. The minimum absolute atomic E-state index is 0.0617. The number of anilines is 1. The number of aryl methyl sites for hydroxylation is 2. The highest BCUT2D eigenvalue weighted by atomic mass is 16.2. The Morgan fingerprint density at radius 2 is 1.77 bits per heavy atom. The van der Waals surface area contributed by atoms with E-state index >= 15 is 0 Å². The van der Waals surface area contributed by atoms with Crippen LogP contribution in [-0.2, 0) is 10.3 Å². The summed E-state index contributed by atoms with van der Waals surface area (Å²) in [6.45, 7) is 5.76. The Balaban J connectivity index is 1.25. The maximum absolute atomic E-state index is 13.0. The third-order valence-corrected chi connectivity index (χ3v) is 6.62. The van der Waals surface area contributed by atoms with E-state index < -0.39 is 0 Å². The summed E-state index contributed by atoms with van der Waals surface area (Å²) >= 11 is 0. The van der Waals surface area contributed by atoms with E-state index in [4.69, 9.17) is 9.97 Å². The van der Waals surface area contributed by atoms with Crippen LogP contribution in [0.4, 0.5) is 5.95 Å². The molecule has 2 fully saturated rings. The number of hydrogen-bond acceptors (Lipinski definition) is 4. The smallest absolute Gasteiger partial charge is 0.226 e. The molecule has 0 atom stereocenters. The normalized spacial score (nSPS) is 18.4. The molecule has 2 heterocycles. The van der Waals surface area contributed by atoms with Gasteiger partial charge in [0.1, 0.15) is 0 Å². The van der Waals surface area contributed by atoms with Gasteiger partial charge in [-0.25, -0.2) is 9.97 Å². The summed E-state index contributed by atoms with van der Waals surface area (Å²) in [4.78, 5) is 24.7. The van der Waals surface area contributed by atoms with Gasteiger partial charge in [-0.05, 0) is 57.2 Å². The van der Waals surface area contributed by atoms with Gasteiger partial charge in [0.05, 0.1) is 16.7 Å². The monoisotopic (exact) mass is 400 g/mol. The number of carbonyl (C=O) groups is 1.